The average Bonchev–Trinajstić information content (AvgIpc) is 3.30. The van der Waals surface area contributed by atoms with E-state index in [-0.39, 0.29) is 61.0 Å². The van der Waals surface area contributed by atoms with E-state index in [1.807, 2.05) is 0 Å². The zero-order valence-corrected chi connectivity index (χ0v) is 43.9. The van der Waals surface area contributed by atoms with Gasteiger partial charge in [0.2, 0.25) is 34.0 Å². The first-order chi connectivity index (χ1) is 32.9. The number of ether oxygens (including phenoxy) is 2. The summed E-state index contributed by atoms with van der Waals surface area (Å²) in [6.07, 6.45) is -4.17. The fraction of sp³-hybridized carbons (Fsp3) is 0.522. The van der Waals surface area contributed by atoms with E-state index >= 15 is 0 Å². The third-order valence-corrected chi connectivity index (χ3v) is 12.2. The van der Waals surface area contributed by atoms with Crippen LogP contribution in [0.15, 0.2) is 66.4 Å². The fourth-order valence-electron chi connectivity index (χ4n) is 7.79. The summed E-state index contributed by atoms with van der Waals surface area (Å²) in [6, 6.07) is 5.34. The molecule has 0 unspecified atom stereocenters. The van der Waals surface area contributed by atoms with E-state index in [9.17, 15) is 61.5 Å². The zero-order chi connectivity index (χ0) is 52.2. The van der Waals surface area contributed by atoms with Gasteiger partial charge in [0.15, 0.2) is 6.10 Å². The van der Waals surface area contributed by atoms with Gasteiger partial charge in [0.1, 0.15) is 66.6 Å². The maximum atomic E-state index is 15.0. The van der Waals surface area contributed by atoms with Gasteiger partial charge in [-0.1, -0.05) is 76.2 Å². The molecule has 2 fully saturated rings. The summed E-state index contributed by atoms with van der Waals surface area (Å²) >= 11 is 0. The van der Waals surface area contributed by atoms with Crippen molar-refractivity contribution in [2.75, 3.05) is 20.8 Å². The summed E-state index contributed by atoms with van der Waals surface area (Å²) in [5.74, 6) is -9.38. The number of hydrogen-bond donors (Lipinski definition) is 7. The Bertz CT molecular complexity index is 2370. The smallest absolute Gasteiger partial charge is 0.726 e. The number of piperidine rings is 1. The number of esters is 1. The largest absolute Gasteiger partial charge is 1.00 e. The number of aromatic hydroxyl groups is 1. The van der Waals surface area contributed by atoms with Crippen molar-refractivity contribution in [1.29, 1.82) is 0 Å². The number of likely N-dealkylation sites (N-methyl/N-ethyl adjacent to an activating group) is 1. The van der Waals surface area contributed by atoms with Crippen LogP contribution in [0.4, 0.5) is 0 Å². The Morgan fingerprint density at radius 2 is 1.51 bits per heavy atom. The maximum absolute atomic E-state index is 15.0. The summed E-state index contributed by atoms with van der Waals surface area (Å²) in [5, 5.41) is 33.9. The van der Waals surface area contributed by atoms with Gasteiger partial charge in [0.05, 0.1) is 0 Å². The van der Waals surface area contributed by atoms with Crippen molar-refractivity contribution in [3.8, 4) is 5.75 Å². The van der Waals surface area contributed by atoms with Crippen molar-refractivity contribution >= 4 is 57.7 Å². The summed E-state index contributed by atoms with van der Waals surface area (Å²) in [5.41, 5.74) is 0.628. The van der Waals surface area contributed by atoms with E-state index in [2.05, 4.69) is 30.8 Å². The first-order valence-electron chi connectivity index (χ1n) is 22.5. The Morgan fingerprint density at radius 1 is 0.901 bits per heavy atom. The molecule has 71 heavy (non-hydrogen) atoms. The number of carbonyl (C=O) groups is 8. The molecule has 2 heterocycles. The molecule has 0 radical (unpaired) electrons. The van der Waals surface area contributed by atoms with Crippen molar-refractivity contribution in [2.45, 2.75) is 122 Å². The quantitative estimate of drug-likeness (QED) is 0.0312. The Morgan fingerprint density at radius 3 is 2.07 bits per heavy atom. The number of carbonyl (C=O) groups excluding carboxylic acids is 8. The maximum Gasteiger partial charge on any atom is 1.00 e. The van der Waals surface area contributed by atoms with Gasteiger partial charge in [-0.25, -0.2) is 13.2 Å². The molecule has 23 nitrogen and oxygen atoms in total. The second-order valence-corrected chi connectivity index (χ2v) is 18.6. The minimum absolute atomic E-state index is 0. The predicted molar refractivity (Wildman–Crippen MR) is 246 cm³/mol. The van der Waals surface area contributed by atoms with E-state index in [0.29, 0.717) is 11.1 Å². The number of nitrogens with zero attached hydrogens (tertiary/aromatic N) is 2. The van der Waals surface area contributed by atoms with Crippen LogP contribution in [0.5, 0.6) is 5.75 Å². The molecule has 7 N–H and O–H groups in total. The molecule has 4 rings (SSSR count). The molecule has 2 saturated heterocycles. The standard InChI is InChI=1S/C46H63N7O16S.Na/c1-9-30-39(56)48-31-19-20-35(55)53(44(31)61)33(22-27-13-11-10-12-14-27)45(62)52(7)32(21-28-15-17-29(54)18-16-28)40(57)50-37(25(4)5)46(63)69-26(6)38(43(60)47-30)51-42(59)36(24(2)3)49-41(58)34(67-8)23-68-70(64,65)66;/h9-18,24-26,31-38,54-55H,19-23H2,1-8H3,(H,47,60)(H,48,56)(H,49,58)(H,50,57)(H,51,59)(H,64,65,66);/q;+1/p-1/b30-9-;/t26-,31+,32+,33+,34-,35-,36+,37+,38-;/m1./s1. The molecule has 2 aliphatic rings. The van der Waals surface area contributed by atoms with Gasteiger partial charge in [-0.2, -0.15) is 0 Å². The Hall–Kier alpha value is -5.47. The Balaban J connectivity index is 0.0000133. The number of fused-ring (bicyclic) bond motifs is 2. The van der Waals surface area contributed by atoms with Crippen LogP contribution in [0.2, 0.25) is 0 Å². The second-order valence-electron chi connectivity index (χ2n) is 17.6. The number of hydrogen-bond acceptors (Lipinski definition) is 16. The second kappa shape index (κ2) is 26.8. The number of nitrogens with one attached hydrogen (secondary N) is 5. The van der Waals surface area contributed by atoms with E-state index in [1.165, 1.54) is 65.1 Å². The van der Waals surface area contributed by atoms with Gasteiger partial charge in [-0.3, -0.25) is 37.7 Å². The Kier molecular flexibility index (Phi) is 22.6. The van der Waals surface area contributed by atoms with Gasteiger partial charge in [0, 0.05) is 27.0 Å². The van der Waals surface area contributed by atoms with Gasteiger partial charge >= 0.3 is 35.5 Å². The molecule has 2 aromatic carbocycles. The van der Waals surface area contributed by atoms with Gasteiger partial charge in [-0.15, -0.1) is 0 Å². The number of aliphatic hydroxyl groups excluding tert-OH is 1. The molecular weight excluding hydrogens is 962 g/mol. The van der Waals surface area contributed by atoms with Crippen LogP contribution in [0.3, 0.4) is 0 Å². The van der Waals surface area contributed by atoms with Crippen molar-refractivity contribution in [1.82, 2.24) is 36.4 Å². The van der Waals surface area contributed by atoms with Crippen molar-refractivity contribution in [2.24, 2.45) is 11.8 Å². The molecule has 2 aliphatic heterocycles. The topological polar surface area (TPSA) is 329 Å². The third kappa shape index (κ3) is 16.5. The van der Waals surface area contributed by atoms with Crippen LogP contribution in [-0.2, 0) is 75.3 Å². The van der Waals surface area contributed by atoms with Crippen molar-refractivity contribution < 1.29 is 105 Å². The summed E-state index contributed by atoms with van der Waals surface area (Å²) in [6.45, 7) is 7.75. The first kappa shape index (κ1) is 59.8. The number of phenolic OH excluding ortho intramolecular Hbond substituents is 1. The number of amides is 7. The minimum atomic E-state index is -5.24. The number of aliphatic hydroxyl groups is 1. The predicted octanol–water partition coefficient (Wildman–Crippen LogP) is -3.97. The van der Waals surface area contributed by atoms with Gasteiger partial charge in [-0.05, 0) is 61.8 Å². The molecule has 0 spiro atoms. The number of methoxy groups -OCH3 is 1. The molecule has 2 bridgehead atoms. The van der Waals surface area contributed by atoms with Crippen LogP contribution in [-0.4, -0.2) is 156 Å². The van der Waals surface area contributed by atoms with E-state index < -0.39 is 137 Å². The number of allylic oxidation sites excluding steroid dienone is 1. The SMILES string of the molecule is C/C=C1\NC(=O)[C@H](NC(=O)[C@@H](NC(=O)[C@@H](COS(=O)(=O)[O-])OC)C(C)C)[C@@H](C)OC(=O)[C@H](C(C)C)NC(=O)[C@H](Cc2ccc(O)cc2)N(C)C(=O)[C@H](Cc2ccccc2)N2C(=O)[C@H](CC[C@H]2O)NC1=O.[Na+]. The normalized spacial score (nSPS) is 24.6. The van der Waals surface area contributed by atoms with E-state index in [0.717, 1.165) is 16.9 Å². The molecule has 0 aromatic heterocycles. The molecule has 2 aromatic rings. The molecule has 25 heteroatoms. The average molecular weight is 1020 g/mol. The summed E-state index contributed by atoms with van der Waals surface area (Å²) in [7, 11) is -2.90. The Labute approximate surface area is 434 Å². The van der Waals surface area contributed by atoms with Crippen LogP contribution < -0.4 is 56.1 Å². The summed E-state index contributed by atoms with van der Waals surface area (Å²) in [4.78, 5) is 116. The van der Waals surface area contributed by atoms with Crippen molar-refractivity contribution in [3.63, 3.8) is 0 Å². The minimum Gasteiger partial charge on any atom is -0.726 e. The summed E-state index contributed by atoms with van der Waals surface area (Å²) < 4.78 is 48.1. The van der Waals surface area contributed by atoms with Crippen molar-refractivity contribution in [3.05, 3.63) is 77.5 Å². The van der Waals surface area contributed by atoms with Crippen LogP contribution in [0.25, 0.3) is 0 Å². The van der Waals surface area contributed by atoms with E-state index in [1.54, 1.807) is 44.2 Å². The molecule has 0 saturated carbocycles. The zero-order valence-electron chi connectivity index (χ0n) is 41.1. The first-order valence-corrected chi connectivity index (χ1v) is 23.8. The van der Waals surface area contributed by atoms with Gasteiger partial charge in [0.25, 0.3) is 17.7 Å². The molecule has 7 amide bonds. The fourth-order valence-corrected chi connectivity index (χ4v) is 8.08. The number of cyclic esters (lactones) is 1. The molecule has 9 atom stereocenters. The number of phenols is 1. The number of rotatable bonds is 14. The third-order valence-electron chi connectivity index (χ3n) is 11.8. The van der Waals surface area contributed by atoms with Gasteiger partial charge < -0.3 is 60.6 Å². The number of benzene rings is 2. The monoisotopic (exact) mass is 1020 g/mol. The van der Waals surface area contributed by atoms with Crippen LogP contribution in [0, 0.1) is 11.8 Å². The van der Waals surface area contributed by atoms with Crippen LogP contribution in [0.1, 0.15) is 65.5 Å². The van der Waals surface area contributed by atoms with E-state index in [4.69, 9.17) is 9.47 Å². The molecule has 0 aliphatic carbocycles. The molecular formula is C46H62N7NaO16S. The van der Waals surface area contributed by atoms with Crippen LogP contribution >= 0.6 is 0 Å². The molecule has 384 valence electrons.